The van der Waals surface area contributed by atoms with E-state index in [-0.39, 0.29) is 35.4 Å². The molecule has 2 aromatic carbocycles. The number of anilines is 1. The number of methoxy groups -OCH3 is 1. The Balaban J connectivity index is 0.858. The van der Waals surface area contributed by atoms with Crippen molar-refractivity contribution in [3.05, 3.63) is 52.8 Å². The van der Waals surface area contributed by atoms with Crippen LogP contribution in [0.3, 0.4) is 0 Å². The van der Waals surface area contributed by atoms with Crippen molar-refractivity contribution >= 4 is 23.4 Å². The molecule has 1 aliphatic carbocycles. The van der Waals surface area contributed by atoms with Crippen molar-refractivity contribution in [3.63, 3.8) is 0 Å². The van der Waals surface area contributed by atoms with E-state index in [0.29, 0.717) is 47.9 Å². The van der Waals surface area contributed by atoms with E-state index in [4.69, 9.17) is 9.47 Å². The van der Waals surface area contributed by atoms with Gasteiger partial charge in [0.1, 0.15) is 23.4 Å². The van der Waals surface area contributed by atoms with Gasteiger partial charge in [-0.05, 0) is 82.2 Å². The average molecular weight is 617 g/mol. The number of fused-ring (bicyclic) bond motifs is 4. The molecule has 1 saturated carbocycles. The highest BCUT2D eigenvalue weighted by Gasteiger charge is 2.49. The monoisotopic (exact) mass is 616 g/mol. The van der Waals surface area contributed by atoms with Gasteiger partial charge in [0.2, 0.25) is 11.8 Å². The summed E-state index contributed by atoms with van der Waals surface area (Å²) in [5.74, 6) is 1.24. The number of carbonyl (C=O) groups is 3. The lowest BCUT2D eigenvalue weighted by molar-refractivity contribution is -0.136. The molecule has 1 unspecified atom stereocenters. The molecule has 0 aromatic heterocycles. The zero-order valence-electron chi connectivity index (χ0n) is 25.9. The standard InChI is InChI=1S/C35H41FN4O5/c1-44-23-2-5-27(36)29(16-23)39-19-34(20-39)10-8-22(9-11-34)17-38-14-12-35(13-15-38)21-45-31-25-18-40(28-6-7-30(41)37-32(28)42)33(43)24(25)3-4-26(31)35/h2-5,16,22,28H,6-15,17-21H2,1H3,(H,37,41,42). The number of nitrogens with one attached hydrogen (secondary N) is 1. The Morgan fingerprint density at radius 3 is 2.53 bits per heavy atom. The van der Waals surface area contributed by atoms with Gasteiger partial charge < -0.3 is 24.2 Å². The van der Waals surface area contributed by atoms with Gasteiger partial charge in [0.05, 0.1) is 25.9 Å². The van der Waals surface area contributed by atoms with E-state index in [9.17, 15) is 18.8 Å². The molecule has 10 heteroatoms. The lowest BCUT2D eigenvalue weighted by atomic mass is 9.65. The predicted octanol–water partition coefficient (Wildman–Crippen LogP) is 4.02. The Morgan fingerprint density at radius 1 is 1.02 bits per heavy atom. The Kier molecular flexibility index (Phi) is 6.85. The molecule has 9 nitrogen and oxygen atoms in total. The van der Waals surface area contributed by atoms with E-state index in [0.717, 1.165) is 56.9 Å². The van der Waals surface area contributed by atoms with Gasteiger partial charge in [-0.15, -0.1) is 0 Å². The van der Waals surface area contributed by atoms with Crippen molar-refractivity contribution in [1.82, 2.24) is 15.1 Å². The summed E-state index contributed by atoms with van der Waals surface area (Å²) in [6.07, 6.45) is 7.53. The van der Waals surface area contributed by atoms with Gasteiger partial charge in [0, 0.05) is 59.6 Å². The quantitative estimate of drug-likeness (QED) is 0.508. The average Bonchev–Trinajstić information content (AvgIpc) is 3.55. The maximum Gasteiger partial charge on any atom is 0.255 e. The summed E-state index contributed by atoms with van der Waals surface area (Å²) in [7, 11) is 1.62. The van der Waals surface area contributed by atoms with Crippen LogP contribution in [0.5, 0.6) is 11.5 Å². The first kappa shape index (κ1) is 28.8. The molecule has 2 aromatic rings. The van der Waals surface area contributed by atoms with Crippen molar-refractivity contribution in [2.75, 3.05) is 51.3 Å². The SMILES string of the molecule is COc1ccc(F)c(N2CC3(CCC(CN4CCC5(CC4)COc4c5ccc5c4CN(C4CCC(=O)NC4=O)C5=O)CC3)C2)c1. The number of ether oxygens (including phenoxy) is 2. The maximum absolute atomic E-state index is 14.5. The molecule has 1 N–H and O–H groups in total. The molecule has 6 aliphatic rings. The fourth-order valence-electron chi connectivity index (χ4n) is 9.01. The molecule has 0 bridgehead atoms. The third kappa shape index (κ3) is 4.78. The second-order valence-electron chi connectivity index (χ2n) is 14.4. The molecule has 8 rings (SSSR count). The Hall–Kier alpha value is -3.66. The summed E-state index contributed by atoms with van der Waals surface area (Å²) < 4.78 is 26.2. The highest BCUT2D eigenvalue weighted by atomic mass is 19.1. The summed E-state index contributed by atoms with van der Waals surface area (Å²) >= 11 is 0. The minimum Gasteiger partial charge on any atom is -0.497 e. The normalized spacial score (nSPS) is 25.6. The molecule has 0 radical (unpaired) electrons. The molecule has 3 amide bonds. The van der Waals surface area contributed by atoms with Crippen LogP contribution in [-0.2, 0) is 21.5 Å². The van der Waals surface area contributed by atoms with Crippen LogP contribution in [0.1, 0.15) is 72.9 Å². The minimum atomic E-state index is -0.620. The minimum absolute atomic E-state index is 0.0344. The summed E-state index contributed by atoms with van der Waals surface area (Å²) in [6.45, 7) is 6.04. The lowest BCUT2D eigenvalue weighted by Crippen LogP contribution is -2.58. The molecule has 45 heavy (non-hydrogen) atoms. The van der Waals surface area contributed by atoms with Crippen LogP contribution in [-0.4, -0.2) is 80.0 Å². The number of benzene rings is 2. The van der Waals surface area contributed by atoms with Gasteiger partial charge in [-0.3, -0.25) is 19.7 Å². The molecular formula is C35H41FN4O5. The van der Waals surface area contributed by atoms with Crippen molar-refractivity contribution in [2.24, 2.45) is 11.3 Å². The smallest absolute Gasteiger partial charge is 0.255 e. The second kappa shape index (κ2) is 10.7. The first-order valence-electron chi connectivity index (χ1n) is 16.5. The largest absolute Gasteiger partial charge is 0.497 e. The maximum atomic E-state index is 14.5. The molecule has 5 heterocycles. The predicted molar refractivity (Wildman–Crippen MR) is 165 cm³/mol. The summed E-state index contributed by atoms with van der Waals surface area (Å²) in [5.41, 5.74) is 3.66. The van der Waals surface area contributed by atoms with Gasteiger partial charge in [-0.2, -0.15) is 0 Å². The first-order valence-corrected chi connectivity index (χ1v) is 16.5. The van der Waals surface area contributed by atoms with Crippen molar-refractivity contribution in [2.45, 2.75) is 69.4 Å². The third-order valence-corrected chi connectivity index (χ3v) is 11.8. The molecule has 4 fully saturated rings. The second-order valence-corrected chi connectivity index (χ2v) is 14.4. The van der Waals surface area contributed by atoms with Crippen molar-refractivity contribution < 1.29 is 28.2 Å². The van der Waals surface area contributed by atoms with Gasteiger partial charge in [0.15, 0.2) is 0 Å². The van der Waals surface area contributed by atoms with Crippen molar-refractivity contribution in [3.8, 4) is 11.5 Å². The van der Waals surface area contributed by atoms with Gasteiger partial charge in [-0.1, -0.05) is 6.07 Å². The molecule has 3 saturated heterocycles. The lowest BCUT2D eigenvalue weighted by Gasteiger charge is -2.55. The van der Waals surface area contributed by atoms with Crippen LogP contribution >= 0.6 is 0 Å². The number of amides is 3. The number of nitrogens with zero attached hydrogens (tertiary/aromatic N) is 3. The van der Waals surface area contributed by atoms with E-state index < -0.39 is 6.04 Å². The number of imide groups is 1. The molecule has 5 aliphatic heterocycles. The van der Waals surface area contributed by atoms with Crippen LogP contribution in [0.15, 0.2) is 30.3 Å². The van der Waals surface area contributed by atoms with E-state index in [1.165, 1.54) is 37.3 Å². The highest BCUT2D eigenvalue weighted by molar-refractivity contribution is 6.05. The number of carbonyl (C=O) groups excluding carboxylic acids is 3. The molecule has 1 atom stereocenters. The fraction of sp³-hybridized carbons (Fsp3) is 0.571. The summed E-state index contributed by atoms with van der Waals surface area (Å²) in [4.78, 5) is 43.8. The number of hydrogen-bond acceptors (Lipinski definition) is 7. The van der Waals surface area contributed by atoms with E-state index in [1.54, 1.807) is 18.1 Å². The van der Waals surface area contributed by atoms with Gasteiger partial charge in [-0.25, -0.2) is 4.39 Å². The fourth-order valence-corrected chi connectivity index (χ4v) is 9.01. The Labute approximate surface area is 263 Å². The molecule has 2 spiro atoms. The Bertz CT molecular complexity index is 1550. The van der Waals surface area contributed by atoms with Crippen LogP contribution in [0.25, 0.3) is 0 Å². The van der Waals surface area contributed by atoms with Gasteiger partial charge >= 0.3 is 0 Å². The third-order valence-electron chi connectivity index (χ3n) is 11.8. The van der Waals surface area contributed by atoms with Crippen LogP contribution in [0.4, 0.5) is 10.1 Å². The number of halogens is 1. The number of piperidine rings is 2. The number of likely N-dealkylation sites (tertiary alicyclic amines) is 1. The molecular weight excluding hydrogens is 575 g/mol. The summed E-state index contributed by atoms with van der Waals surface area (Å²) in [6, 6.07) is 8.38. The topological polar surface area (TPSA) is 91.4 Å². The van der Waals surface area contributed by atoms with Gasteiger partial charge in [0.25, 0.3) is 5.91 Å². The van der Waals surface area contributed by atoms with Crippen LogP contribution in [0.2, 0.25) is 0 Å². The molecule has 238 valence electrons. The highest BCUT2D eigenvalue weighted by Crippen LogP contribution is 2.51. The van der Waals surface area contributed by atoms with Crippen LogP contribution < -0.4 is 19.7 Å². The van der Waals surface area contributed by atoms with E-state index >= 15 is 0 Å². The van der Waals surface area contributed by atoms with Crippen LogP contribution in [0, 0.1) is 17.2 Å². The zero-order chi connectivity index (χ0) is 30.9. The van der Waals surface area contributed by atoms with E-state index in [2.05, 4.69) is 21.2 Å². The zero-order valence-corrected chi connectivity index (χ0v) is 25.9. The van der Waals surface area contributed by atoms with Crippen molar-refractivity contribution in [1.29, 1.82) is 0 Å². The summed E-state index contributed by atoms with van der Waals surface area (Å²) in [5, 5.41) is 2.38. The number of hydrogen-bond donors (Lipinski definition) is 1. The van der Waals surface area contributed by atoms with E-state index in [1.807, 2.05) is 12.1 Å². The Morgan fingerprint density at radius 2 is 1.80 bits per heavy atom. The first-order chi connectivity index (χ1) is 21.8. The number of rotatable bonds is 5.